The molecule has 3 nitrogen and oxygen atoms in total. The first-order valence-electron chi connectivity index (χ1n) is 8.04. The van der Waals surface area contributed by atoms with Gasteiger partial charge in [-0.05, 0) is 45.1 Å². The predicted octanol–water partition coefficient (Wildman–Crippen LogP) is 2.80. The first-order valence-corrected chi connectivity index (χ1v) is 8.04. The molecule has 0 aromatic carbocycles. The molecule has 110 valence electrons. The van der Waals surface area contributed by atoms with Crippen LogP contribution in [0.25, 0.3) is 0 Å². The first kappa shape index (κ1) is 14.8. The Labute approximate surface area is 118 Å². The Morgan fingerprint density at radius 3 is 2.32 bits per heavy atom. The van der Waals surface area contributed by atoms with Crippen LogP contribution in [-0.4, -0.2) is 37.0 Å². The van der Waals surface area contributed by atoms with Crippen LogP contribution in [0.1, 0.15) is 58.8 Å². The minimum absolute atomic E-state index is 0.0132. The second-order valence-electron chi connectivity index (χ2n) is 6.94. The van der Waals surface area contributed by atoms with E-state index in [1.54, 1.807) is 0 Å². The van der Waals surface area contributed by atoms with Crippen LogP contribution in [0.4, 0.5) is 0 Å². The molecule has 0 radical (unpaired) electrons. The summed E-state index contributed by atoms with van der Waals surface area (Å²) in [5.41, 5.74) is -0.0132. The van der Waals surface area contributed by atoms with Crippen molar-refractivity contribution in [1.82, 2.24) is 10.2 Å². The molecular weight excluding hydrogens is 236 g/mol. The van der Waals surface area contributed by atoms with E-state index in [1.807, 2.05) is 7.05 Å². The van der Waals surface area contributed by atoms with Crippen LogP contribution in [0.2, 0.25) is 0 Å². The Kier molecular flexibility index (Phi) is 4.88. The van der Waals surface area contributed by atoms with Gasteiger partial charge in [0.15, 0.2) is 0 Å². The Morgan fingerprint density at radius 1 is 1.26 bits per heavy atom. The molecule has 1 heterocycles. The van der Waals surface area contributed by atoms with Crippen LogP contribution in [0.3, 0.4) is 0 Å². The maximum Gasteiger partial charge on any atom is 0.228 e. The van der Waals surface area contributed by atoms with Gasteiger partial charge in [-0.1, -0.05) is 26.7 Å². The van der Waals surface area contributed by atoms with Crippen molar-refractivity contribution in [2.75, 3.05) is 20.1 Å². The van der Waals surface area contributed by atoms with Crippen LogP contribution in [0, 0.1) is 11.3 Å². The van der Waals surface area contributed by atoms with Gasteiger partial charge in [0.05, 0.1) is 0 Å². The van der Waals surface area contributed by atoms with Crippen molar-refractivity contribution in [2.45, 2.75) is 64.8 Å². The predicted molar refractivity (Wildman–Crippen MR) is 79.0 cm³/mol. The van der Waals surface area contributed by atoms with Crippen molar-refractivity contribution in [2.24, 2.45) is 11.3 Å². The van der Waals surface area contributed by atoms with Crippen molar-refractivity contribution < 1.29 is 4.79 Å². The third-order valence-corrected chi connectivity index (χ3v) is 5.00. The maximum atomic E-state index is 13.0. The van der Waals surface area contributed by atoms with E-state index < -0.39 is 0 Å². The maximum absolute atomic E-state index is 13.0. The smallest absolute Gasteiger partial charge is 0.228 e. The number of likely N-dealkylation sites (tertiary alicyclic amines) is 1. The first-order chi connectivity index (χ1) is 9.07. The van der Waals surface area contributed by atoms with Gasteiger partial charge in [0, 0.05) is 24.5 Å². The molecule has 1 saturated heterocycles. The van der Waals surface area contributed by atoms with Crippen molar-refractivity contribution in [1.29, 1.82) is 0 Å². The van der Waals surface area contributed by atoms with E-state index in [0.29, 0.717) is 17.9 Å². The number of nitrogens with zero attached hydrogens (tertiary/aromatic N) is 1. The molecule has 0 spiro atoms. The second-order valence-corrected chi connectivity index (χ2v) is 6.94. The minimum atomic E-state index is -0.0132. The molecule has 0 unspecified atom stereocenters. The molecule has 0 atom stereocenters. The summed E-state index contributed by atoms with van der Waals surface area (Å²) in [6.45, 7) is 6.40. The zero-order valence-corrected chi connectivity index (χ0v) is 12.9. The molecule has 0 aromatic rings. The standard InChI is InChI=1S/C16H30N2O/c1-13(2)12-16(8-4-5-9-16)15(19)18-10-6-14(17-3)7-11-18/h13-14,17H,4-12H2,1-3H3. The molecule has 1 amide bonds. The van der Waals surface area contributed by atoms with E-state index in [1.165, 1.54) is 12.8 Å². The second kappa shape index (κ2) is 6.25. The minimum Gasteiger partial charge on any atom is -0.342 e. The van der Waals surface area contributed by atoms with Crippen molar-refractivity contribution in [3.8, 4) is 0 Å². The van der Waals surface area contributed by atoms with Gasteiger partial charge >= 0.3 is 0 Å². The fourth-order valence-electron chi connectivity index (χ4n) is 4.05. The molecule has 19 heavy (non-hydrogen) atoms. The number of amides is 1. The molecule has 1 saturated carbocycles. The zero-order valence-electron chi connectivity index (χ0n) is 12.9. The highest BCUT2D eigenvalue weighted by molar-refractivity contribution is 5.83. The number of hydrogen-bond donors (Lipinski definition) is 1. The molecule has 0 aromatic heterocycles. The quantitative estimate of drug-likeness (QED) is 0.848. The number of rotatable bonds is 4. The average molecular weight is 266 g/mol. The number of nitrogens with one attached hydrogen (secondary N) is 1. The molecule has 2 fully saturated rings. The molecule has 1 aliphatic heterocycles. The normalized spacial score (nSPS) is 24.1. The van der Waals surface area contributed by atoms with Gasteiger partial charge in [-0.2, -0.15) is 0 Å². The van der Waals surface area contributed by atoms with Gasteiger partial charge < -0.3 is 10.2 Å². The average Bonchev–Trinajstić information content (AvgIpc) is 2.87. The number of carbonyl (C=O) groups is 1. The third kappa shape index (κ3) is 3.31. The van der Waals surface area contributed by atoms with Crippen molar-refractivity contribution >= 4 is 5.91 Å². The lowest BCUT2D eigenvalue weighted by Crippen LogP contribution is -2.49. The molecule has 3 heteroatoms. The lowest BCUT2D eigenvalue weighted by molar-refractivity contribution is -0.144. The summed E-state index contributed by atoms with van der Waals surface area (Å²) in [6, 6.07) is 0.605. The topological polar surface area (TPSA) is 32.3 Å². The molecule has 2 rings (SSSR count). The number of piperidine rings is 1. The largest absolute Gasteiger partial charge is 0.342 e. The summed E-state index contributed by atoms with van der Waals surface area (Å²) in [7, 11) is 2.03. The number of carbonyl (C=O) groups excluding carboxylic acids is 1. The van der Waals surface area contributed by atoms with Crippen molar-refractivity contribution in [3.63, 3.8) is 0 Å². The Bertz CT molecular complexity index is 300. The monoisotopic (exact) mass is 266 g/mol. The summed E-state index contributed by atoms with van der Waals surface area (Å²) < 4.78 is 0. The highest BCUT2D eigenvalue weighted by atomic mass is 16.2. The lowest BCUT2D eigenvalue weighted by Gasteiger charge is -2.39. The van der Waals surface area contributed by atoms with Crippen LogP contribution in [0.15, 0.2) is 0 Å². The van der Waals surface area contributed by atoms with Crippen molar-refractivity contribution in [3.05, 3.63) is 0 Å². The van der Waals surface area contributed by atoms with Crippen LogP contribution >= 0.6 is 0 Å². The lowest BCUT2D eigenvalue weighted by atomic mass is 9.77. The van der Waals surface area contributed by atoms with Gasteiger partial charge in [-0.25, -0.2) is 0 Å². The van der Waals surface area contributed by atoms with E-state index in [-0.39, 0.29) is 5.41 Å². The van der Waals surface area contributed by atoms with Gasteiger partial charge in [-0.3, -0.25) is 4.79 Å². The Morgan fingerprint density at radius 2 is 1.84 bits per heavy atom. The number of hydrogen-bond acceptors (Lipinski definition) is 2. The zero-order chi connectivity index (χ0) is 13.9. The Balaban J connectivity index is 2.00. The SMILES string of the molecule is CNC1CCN(C(=O)C2(CC(C)C)CCCC2)CC1. The van der Waals surface area contributed by atoms with Gasteiger partial charge in [0.1, 0.15) is 0 Å². The fraction of sp³-hybridized carbons (Fsp3) is 0.938. The third-order valence-electron chi connectivity index (χ3n) is 5.00. The summed E-state index contributed by atoms with van der Waals surface area (Å²) in [4.78, 5) is 15.1. The molecule has 2 aliphatic rings. The van der Waals surface area contributed by atoms with E-state index in [2.05, 4.69) is 24.1 Å². The van der Waals surface area contributed by atoms with Gasteiger partial charge in [-0.15, -0.1) is 0 Å². The fourth-order valence-corrected chi connectivity index (χ4v) is 4.05. The highest BCUT2D eigenvalue weighted by Gasteiger charge is 2.44. The van der Waals surface area contributed by atoms with Crippen LogP contribution in [0.5, 0.6) is 0 Å². The van der Waals surface area contributed by atoms with Crippen LogP contribution in [-0.2, 0) is 4.79 Å². The van der Waals surface area contributed by atoms with Crippen LogP contribution < -0.4 is 5.32 Å². The molecular formula is C16H30N2O. The Hall–Kier alpha value is -0.570. The van der Waals surface area contributed by atoms with E-state index in [9.17, 15) is 4.79 Å². The summed E-state index contributed by atoms with van der Waals surface area (Å²) in [6.07, 6.45) is 8.03. The van der Waals surface area contributed by atoms with E-state index >= 15 is 0 Å². The summed E-state index contributed by atoms with van der Waals surface area (Å²) in [5, 5.41) is 3.34. The summed E-state index contributed by atoms with van der Waals surface area (Å²) in [5.74, 6) is 1.09. The molecule has 0 bridgehead atoms. The highest BCUT2D eigenvalue weighted by Crippen LogP contribution is 2.45. The summed E-state index contributed by atoms with van der Waals surface area (Å²) >= 11 is 0. The molecule has 1 N–H and O–H groups in total. The van der Waals surface area contributed by atoms with Gasteiger partial charge in [0.2, 0.25) is 5.91 Å². The van der Waals surface area contributed by atoms with Gasteiger partial charge in [0.25, 0.3) is 0 Å². The van der Waals surface area contributed by atoms with E-state index in [4.69, 9.17) is 0 Å². The molecule has 1 aliphatic carbocycles. The van der Waals surface area contributed by atoms with E-state index in [0.717, 1.165) is 45.2 Å².